The third kappa shape index (κ3) is 2.66. The van der Waals surface area contributed by atoms with E-state index in [2.05, 4.69) is 0 Å². The van der Waals surface area contributed by atoms with E-state index in [9.17, 15) is 18.0 Å². The highest BCUT2D eigenvalue weighted by molar-refractivity contribution is 5.81. The molecule has 1 aromatic carbocycles. The zero-order chi connectivity index (χ0) is 13.3. The monoisotopic (exact) mass is 257 g/mol. The summed E-state index contributed by atoms with van der Waals surface area (Å²) < 4.78 is 37.3. The molecule has 0 amide bonds. The lowest BCUT2D eigenvalue weighted by atomic mass is 10.0. The predicted molar refractivity (Wildman–Crippen MR) is 62.5 cm³/mol. The lowest BCUT2D eigenvalue weighted by molar-refractivity contribution is -0.137. The Balaban J connectivity index is 2.17. The van der Waals surface area contributed by atoms with Crippen molar-refractivity contribution in [3.8, 4) is 0 Å². The molecule has 18 heavy (non-hydrogen) atoms. The number of rotatable bonds is 1. The van der Waals surface area contributed by atoms with Gasteiger partial charge in [0.15, 0.2) is 0 Å². The third-order valence-corrected chi connectivity index (χ3v) is 3.21. The number of alkyl halides is 3. The van der Waals surface area contributed by atoms with Gasteiger partial charge in [-0.3, -0.25) is 4.79 Å². The second-order valence-electron chi connectivity index (χ2n) is 4.58. The van der Waals surface area contributed by atoms with Crippen molar-refractivity contribution in [2.75, 3.05) is 11.4 Å². The van der Waals surface area contributed by atoms with Gasteiger partial charge in [0.25, 0.3) is 0 Å². The first-order chi connectivity index (χ1) is 8.38. The summed E-state index contributed by atoms with van der Waals surface area (Å²) in [7, 11) is 0. The maximum atomic E-state index is 12.4. The van der Waals surface area contributed by atoms with Crippen LogP contribution in [0.5, 0.6) is 0 Å². The molecule has 0 N–H and O–H groups in total. The number of piperidine rings is 1. The molecule has 1 aliphatic heterocycles. The van der Waals surface area contributed by atoms with Gasteiger partial charge in [0.1, 0.15) is 5.78 Å². The highest BCUT2D eigenvalue weighted by Gasteiger charge is 2.30. The van der Waals surface area contributed by atoms with Gasteiger partial charge in [-0.05, 0) is 31.2 Å². The van der Waals surface area contributed by atoms with Gasteiger partial charge in [-0.25, -0.2) is 0 Å². The minimum atomic E-state index is -4.30. The van der Waals surface area contributed by atoms with Gasteiger partial charge in [0.05, 0.1) is 5.56 Å². The molecule has 98 valence electrons. The van der Waals surface area contributed by atoms with Crippen LogP contribution in [0.15, 0.2) is 24.3 Å². The molecule has 0 bridgehead atoms. The van der Waals surface area contributed by atoms with E-state index < -0.39 is 11.7 Å². The molecule has 1 saturated heterocycles. The predicted octanol–water partition coefficient (Wildman–Crippen LogP) is 3.26. The maximum Gasteiger partial charge on any atom is 0.416 e. The summed E-state index contributed by atoms with van der Waals surface area (Å²) in [6.45, 7) is 2.49. The summed E-state index contributed by atoms with van der Waals surface area (Å²) in [5.74, 6) is 0.214. The molecule has 2 rings (SSSR count). The number of hydrogen-bond donors (Lipinski definition) is 0. The lowest BCUT2D eigenvalue weighted by Gasteiger charge is -2.34. The molecule has 1 fully saturated rings. The summed E-state index contributed by atoms with van der Waals surface area (Å²) >= 11 is 0. The summed E-state index contributed by atoms with van der Waals surface area (Å²) in [6, 6.07) is 5.14. The normalized spacial score (nSPS) is 21.2. The van der Waals surface area contributed by atoms with Crippen molar-refractivity contribution in [3.05, 3.63) is 29.8 Å². The van der Waals surface area contributed by atoms with Crippen molar-refractivity contribution in [3.63, 3.8) is 0 Å². The fourth-order valence-corrected chi connectivity index (χ4v) is 2.23. The molecular weight excluding hydrogens is 243 g/mol. The van der Waals surface area contributed by atoms with Crippen LogP contribution in [-0.4, -0.2) is 18.4 Å². The molecule has 1 atom stereocenters. The quantitative estimate of drug-likeness (QED) is 0.769. The molecule has 1 unspecified atom stereocenters. The van der Waals surface area contributed by atoms with Crippen molar-refractivity contribution < 1.29 is 18.0 Å². The van der Waals surface area contributed by atoms with Crippen LogP contribution < -0.4 is 4.90 Å². The molecule has 1 heterocycles. The molecule has 0 aliphatic carbocycles. The fraction of sp³-hybridized carbons (Fsp3) is 0.462. The molecule has 0 spiro atoms. The average Bonchev–Trinajstić information content (AvgIpc) is 2.28. The topological polar surface area (TPSA) is 20.3 Å². The zero-order valence-electron chi connectivity index (χ0n) is 10.00. The van der Waals surface area contributed by atoms with Crippen LogP contribution >= 0.6 is 0 Å². The Labute approximate surface area is 103 Å². The highest BCUT2D eigenvalue weighted by atomic mass is 19.4. The molecule has 1 aliphatic rings. The third-order valence-electron chi connectivity index (χ3n) is 3.21. The van der Waals surface area contributed by atoms with Crippen LogP contribution in [0.3, 0.4) is 0 Å². The molecular formula is C13H14F3NO. The van der Waals surface area contributed by atoms with E-state index in [1.165, 1.54) is 12.1 Å². The van der Waals surface area contributed by atoms with E-state index in [1.807, 2.05) is 11.8 Å². The lowest BCUT2D eigenvalue weighted by Crippen LogP contribution is -2.41. The van der Waals surface area contributed by atoms with E-state index in [0.717, 1.165) is 17.8 Å². The Kier molecular flexibility index (Phi) is 3.32. The minimum absolute atomic E-state index is 0.0444. The number of anilines is 1. The van der Waals surface area contributed by atoms with Crippen molar-refractivity contribution in [1.29, 1.82) is 0 Å². The van der Waals surface area contributed by atoms with Crippen LogP contribution in [0.25, 0.3) is 0 Å². The van der Waals surface area contributed by atoms with Gasteiger partial charge in [-0.1, -0.05) is 0 Å². The fourth-order valence-electron chi connectivity index (χ4n) is 2.23. The summed E-state index contributed by atoms with van der Waals surface area (Å²) in [5.41, 5.74) is 0.0926. The Morgan fingerprint density at radius 2 is 1.83 bits per heavy atom. The number of nitrogens with zero attached hydrogens (tertiary/aromatic N) is 1. The van der Waals surface area contributed by atoms with Gasteiger partial charge in [0.2, 0.25) is 0 Å². The van der Waals surface area contributed by atoms with E-state index in [1.54, 1.807) is 0 Å². The number of halogens is 3. The van der Waals surface area contributed by atoms with E-state index >= 15 is 0 Å². The zero-order valence-corrected chi connectivity index (χ0v) is 10.00. The highest BCUT2D eigenvalue weighted by Crippen LogP contribution is 2.31. The second-order valence-corrected chi connectivity index (χ2v) is 4.58. The summed E-state index contributed by atoms with van der Waals surface area (Å²) in [6.07, 6.45) is -3.38. The molecule has 0 saturated carbocycles. The average molecular weight is 257 g/mol. The summed E-state index contributed by atoms with van der Waals surface area (Å²) in [4.78, 5) is 13.2. The van der Waals surface area contributed by atoms with Crippen molar-refractivity contribution in [2.24, 2.45) is 0 Å². The Morgan fingerprint density at radius 3 is 2.33 bits per heavy atom. The van der Waals surface area contributed by atoms with Crippen molar-refractivity contribution in [1.82, 2.24) is 0 Å². The Morgan fingerprint density at radius 1 is 1.22 bits per heavy atom. The standard InChI is InChI=1S/C13H14F3NO/c1-9-8-12(18)6-7-17(9)11-4-2-10(3-5-11)13(14,15)16/h2-5,9H,6-8H2,1H3. The Bertz CT molecular complexity index is 439. The van der Waals surface area contributed by atoms with E-state index in [-0.39, 0.29) is 11.8 Å². The first kappa shape index (κ1) is 12.9. The molecule has 0 aromatic heterocycles. The molecule has 2 nitrogen and oxygen atoms in total. The van der Waals surface area contributed by atoms with Crippen LogP contribution in [-0.2, 0) is 11.0 Å². The van der Waals surface area contributed by atoms with Gasteiger partial charge >= 0.3 is 6.18 Å². The number of carbonyl (C=O) groups excluding carboxylic acids is 1. The second kappa shape index (κ2) is 4.63. The van der Waals surface area contributed by atoms with Crippen LogP contribution in [0.2, 0.25) is 0 Å². The number of ketones is 1. The molecule has 1 aromatic rings. The van der Waals surface area contributed by atoms with E-state index in [0.29, 0.717) is 19.4 Å². The Hall–Kier alpha value is -1.52. The van der Waals surface area contributed by atoms with Crippen molar-refractivity contribution in [2.45, 2.75) is 32.0 Å². The van der Waals surface area contributed by atoms with Gasteiger partial charge < -0.3 is 4.90 Å². The number of benzene rings is 1. The molecule has 5 heteroatoms. The summed E-state index contributed by atoms with van der Waals surface area (Å²) in [5, 5.41) is 0. The number of carbonyl (C=O) groups is 1. The minimum Gasteiger partial charge on any atom is -0.368 e. The van der Waals surface area contributed by atoms with Crippen LogP contribution in [0, 0.1) is 0 Å². The maximum absolute atomic E-state index is 12.4. The first-order valence-corrected chi connectivity index (χ1v) is 5.83. The van der Waals surface area contributed by atoms with E-state index in [4.69, 9.17) is 0 Å². The molecule has 0 radical (unpaired) electrons. The number of Topliss-reactive ketones (excluding diaryl/α,β-unsaturated/α-hetero) is 1. The number of hydrogen-bond acceptors (Lipinski definition) is 2. The SMILES string of the molecule is CC1CC(=O)CCN1c1ccc(C(F)(F)F)cc1. The van der Waals surface area contributed by atoms with Crippen LogP contribution in [0.1, 0.15) is 25.3 Å². The van der Waals surface area contributed by atoms with Crippen LogP contribution in [0.4, 0.5) is 18.9 Å². The largest absolute Gasteiger partial charge is 0.416 e. The smallest absolute Gasteiger partial charge is 0.368 e. The van der Waals surface area contributed by atoms with Crippen molar-refractivity contribution >= 4 is 11.5 Å². The van der Waals surface area contributed by atoms with Gasteiger partial charge in [-0.15, -0.1) is 0 Å². The first-order valence-electron chi connectivity index (χ1n) is 5.83. The van der Waals surface area contributed by atoms with Gasteiger partial charge in [-0.2, -0.15) is 13.2 Å². The van der Waals surface area contributed by atoms with Gasteiger partial charge in [0, 0.05) is 31.1 Å².